The van der Waals surface area contributed by atoms with Crippen molar-refractivity contribution in [2.24, 2.45) is 0 Å². The van der Waals surface area contributed by atoms with E-state index in [4.69, 9.17) is 0 Å². The molecule has 2 nitrogen and oxygen atoms in total. The molecule has 0 spiro atoms. The van der Waals surface area contributed by atoms with Crippen LogP contribution in [0.3, 0.4) is 0 Å². The molecule has 0 aliphatic rings. The molecule has 0 aliphatic heterocycles. The van der Waals surface area contributed by atoms with Crippen LogP contribution in [-0.2, 0) is 0 Å². The van der Waals surface area contributed by atoms with Crippen molar-refractivity contribution < 1.29 is 9.90 Å². The Labute approximate surface area is 63.1 Å². The zero-order valence-electron chi connectivity index (χ0n) is 5.80. The van der Waals surface area contributed by atoms with Gasteiger partial charge in [-0.25, -0.2) is 0 Å². The zero-order chi connectivity index (χ0) is 7.72. The van der Waals surface area contributed by atoms with Gasteiger partial charge in [0.1, 0.15) is 0 Å². The Balaban J connectivity index is 3.15. The zero-order valence-corrected chi connectivity index (χ0v) is 6.62. The Morgan fingerprint density at radius 3 is 2.40 bits per heavy atom. The van der Waals surface area contributed by atoms with E-state index in [9.17, 15) is 9.90 Å². The Kier molecular flexibility index (Phi) is 1.76. The van der Waals surface area contributed by atoms with Crippen LogP contribution in [0.5, 0.6) is 0 Å². The summed E-state index contributed by atoms with van der Waals surface area (Å²) in [6, 6.07) is 1.63. The van der Waals surface area contributed by atoms with Crippen molar-refractivity contribution in [1.82, 2.24) is 0 Å². The Morgan fingerprint density at radius 2 is 2.20 bits per heavy atom. The van der Waals surface area contributed by atoms with E-state index < -0.39 is 5.97 Å². The van der Waals surface area contributed by atoms with Gasteiger partial charge in [0.05, 0.1) is 5.97 Å². The summed E-state index contributed by atoms with van der Waals surface area (Å²) in [6.07, 6.45) is 0. The first-order valence-corrected chi connectivity index (χ1v) is 3.71. The van der Waals surface area contributed by atoms with Crippen LogP contribution in [0.15, 0.2) is 6.07 Å². The third-order valence-corrected chi connectivity index (χ3v) is 2.23. The van der Waals surface area contributed by atoms with Gasteiger partial charge in [0.25, 0.3) is 0 Å². The molecular weight excluding hydrogens is 148 g/mol. The van der Waals surface area contributed by atoms with E-state index in [1.165, 1.54) is 11.3 Å². The summed E-state index contributed by atoms with van der Waals surface area (Å²) in [5, 5.41) is 10.3. The molecule has 0 saturated heterocycles. The Morgan fingerprint density at radius 1 is 1.60 bits per heavy atom. The molecule has 0 radical (unpaired) electrons. The number of thiophene rings is 1. The second-order valence-corrected chi connectivity index (χ2v) is 3.57. The second kappa shape index (κ2) is 2.42. The molecule has 0 fully saturated rings. The lowest BCUT2D eigenvalue weighted by Gasteiger charge is -1.97. The fourth-order valence-electron chi connectivity index (χ4n) is 0.833. The van der Waals surface area contributed by atoms with Crippen molar-refractivity contribution in [2.75, 3.05) is 0 Å². The maximum atomic E-state index is 10.3. The Bertz CT molecular complexity index is 263. The first-order valence-electron chi connectivity index (χ1n) is 2.89. The highest BCUT2D eigenvalue weighted by Crippen LogP contribution is 2.19. The highest BCUT2D eigenvalue weighted by Gasteiger charge is 2.01. The summed E-state index contributed by atoms with van der Waals surface area (Å²) in [4.78, 5) is 12.2. The van der Waals surface area contributed by atoms with Crippen LogP contribution in [-0.4, -0.2) is 5.97 Å². The van der Waals surface area contributed by atoms with Gasteiger partial charge in [-0.15, -0.1) is 11.3 Å². The third kappa shape index (κ3) is 1.19. The molecule has 0 unspecified atom stereocenters. The second-order valence-electron chi connectivity index (χ2n) is 2.11. The van der Waals surface area contributed by atoms with Crippen LogP contribution in [0.25, 0.3) is 0 Å². The van der Waals surface area contributed by atoms with Crippen LogP contribution in [0.1, 0.15) is 20.1 Å². The first kappa shape index (κ1) is 7.28. The molecule has 0 saturated carbocycles. The maximum absolute atomic E-state index is 10.3. The van der Waals surface area contributed by atoms with E-state index >= 15 is 0 Å². The summed E-state index contributed by atoms with van der Waals surface area (Å²) < 4.78 is 0. The van der Waals surface area contributed by atoms with Gasteiger partial charge in [-0.3, -0.25) is 0 Å². The molecule has 1 rings (SSSR count). The number of carbonyl (C=O) groups is 1. The Hall–Kier alpha value is -0.830. The molecule has 1 aromatic rings. The van der Waals surface area contributed by atoms with Crippen LogP contribution < -0.4 is 5.11 Å². The van der Waals surface area contributed by atoms with Gasteiger partial charge < -0.3 is 9.90 Å². The summed E-state index contributed by atoms with van der Waals surface area (Å²) in [5.74, 6) is -1.08. The minimum absolute atomic E-state index is 0.322. The molecule has 3 heteroatoms. The predicted molar refractivity (Wildman–Crippen MR) is 38.1 cm³/mol. The van der Waals surface area contributed by atoms with Crippen LogP contribution in [0.2, 0.25) is 0 Å². The largest absolute Gasteiger partial charge is 0.545 e. The minimum atomic E-state index is -1.08. The van der Waals surface area contributed by atoms with E-state index in [2.05, 4.69) is 0 Å². The summed E-state index contributed by atoms with van der Waals surface area (Å²) >= 11 is 1.48. The van der Waals surface area contributed by atoms with E-state index in [1.54, 1.807) is 13.0 Å². The van der Waals surface area contributed by atoms with Gasteiger partial charge >= 0.3 is 0 Å². The third-order valence-electron chi connectivity index (χ3n) is 1.26. The number of hydrogen-bond acceptors (Lipinski definition) is 3. The average molecular weight is 155 g/mol. The number of aromatic carboxylic acids is 1. The normalized spacial score (nSPS) is 9.80. The highest BCUT2D eigenvalue weighted by atomic mass is 32.1. The molecule has 0 aromatic carbocycles. The first-order chi connectivity index (χ1) is 4.61. The fourth-order valence-corrected chi connectivity index (χ4v) is 1.75. The molecule has 0 aliphatic carbocycles. The van der Waals surface area contributed by atoms with Gasteiger partial charge in [-0.2, -0.15) is 0 Å². The van der Waals surface area contributed by atoms with Gasteiger partial charge in [0, 0.05) is 15.3 Å². The molecule has 0 atom stereocenters. The molecular formula is C7H7O2S-. The van der Waals surface area contributed by atoms with E-state index in [0.717, 1.165) is 9.75 Å². The average Bonchev–Trinajstić information content (AvgIpc) is 2.10. The van der Waals surface area contributed by atoms with Gasteiger partial charge in [0.2, 0.25) is 0 Å². The molecule has 0 N–H and O–H groups in total. The number of rotatable bonds is 1. The molecule has 0 bridgehead atoms. The molecule has 1 heterocycles. The number of carboxylic acids is 1. The number of aryl methyl sites for hydroxylation is 2. The number of carbonyl (C=O) groups excluding carboxylic acids is 1. The molecule has 54 valence electrons. The van der Waals surface area contributed by atoms with Crippen molar-refractivity contribution in [2.45, 2.75) is 13.8 Å². The predicted octanol–water partition coefficient (Wildman–Crippen LogP) is 0.728. The van der Waals surface area contributed by atoms with Crippen LogP contribution in [0.4, 0.5) is 0 Å². The number of hydrogen-bond donors (Lipinski definition) is 0. The highest BCUT2D eigenvalue weighted by molar-refractivity contribution is 7.12. The minimum Gasteiger partial charge on any atom is -0.545 e. The maximum Gasteiger partial charge on any atom is 0.0726 e. The monoisotopic (exact) mass is 155 g/mol. The molecule has 10 heavy (non-hydrogen) atoms. The van der Waals surface area contributed by atoms with Crippen molar-refractivity contribution in [3.05, 3.63) is 21.4 Å². The van der Waals surface area contributed by atoms with Gasteiger partial charge in [-0.1, -0.05) is 0 Å². The SMILES string of the molecule is Cc1cc(C(=O)[O-])c(C)s1. The van der Waals surface area contributed by atoms with Gasteiger partial charge in [-0.05, 0) is 19.9 Å². The lowest BCUT2D eigenvalue weighted by atomic mass is 10.2. The van der Waals surface area contributed by atoms with E-state index in [-0.39, 0.29) is 0 Å². The van der Waals surface area contributed by atoms with Crippen molar-refractivity contribution in [3.63, 3.8) is 0 Å². The summed E-state index contributed by atoms with van der Waals surface area (Å²) in [5.41, 5.74) is 0.322. The fraction of sp³-hybridized carbons (Fsp3) is 0.286. The van der Waals surface area contributed by atoms with Crippen LogP contribution >= 0.6 is 11.3 Å². The van der Waals surface area contributed by atoms with Crippen molar-refractivity contribution in [1.29, 1.82) is 0 Å². The quantitative estimate of drug-likeness (QED) is 0.599. The van der Waals surface area contributed by atoms with Gasteiger partial charge in [0.15, 0.2) is 0 Å². The lowest BCUT2D eigenvalue weighted by molar-refractivity contribution is -0.255. The van der Waals surface area contributed by atoms with Crippen molar-refractivity contribution in [3.8, 4) is 0 Å². The van der Waals surface area contributed by atoms with Crippen molar-refractivity contribution >= 4 is 17.3 Å². The van der Waals surface area contributed by atoms with Crippen LogP contribution in [0, 0.1) is 13.8 Å². The van der Waals surface area contributed by atoms with E-state index in [0.29, 0.717) is 5.56 Å². The summed E-state index contributed by atoms with van der Waals surface area (Å²) in [6.45, 7) is 3.66. The topological polar surface area (TPSA) is 40.1 Å². The number of carboxylic acid groups (broad SMARTS) is 1. The smallest absolute Gasteiger partial charge is 0.0726 e. The van der Waals surface area contributed by atoms with E-state index in [1.807, 2.05) is 6.92 Å². The summed E-state index contributed by atoms with van der Waals surface area (Å²) in [7, 11) is 0. The standard InChI is InChI=1S/C7H8O2S/c1-4-3-6(7(8)9)5(2)10-4/h3H,1-2H3,(H,8,9)/p-1. The molecule has 0 amide bonds. The molecule has 1 aromatic heterocycles. The lowest BCUT2D eigenvalue weighted by Crippen LogP contribution is -2.22.